The van der Waals surface area contributed by atoms with E-state index in [2.05, 4.69) is 104 Å². The van der Waals surface area contributed by atoms with Crippen molar-refractivity contribution in [1.29, 1.82) is 0 Å². The number of rotatable bonds is 0. The molecule has 2 aliphatic heterocycles. The molecule has 3 aromatic carbocycles. The zero-order valence-corrected chi connectivity index (χ0v) is 20.1. The highest BCUT2D eigenvalue weighted by Crippen LogP contribution is 2.60. The van der Waals surface area contributed by atoms with Gasteiger partial charge in [-0.2, -0.15) is 4.40 Å². The highest BCUT2D eigenvalue weighted by atomic mass is 15.2. The van der Waals surface area contributed by atoms with Gasteiger partial charge in [0.2, 0.25) is 0 Å². The first-order chi connectivity index (χ1) is 15.8. The quantitative estimate of drug-likeness (QED) is 0.186. The molecule has 1 aliphatic carbocycles. The van der Waals surface area contributed by atoms with Gasteiger partial charge in [0.1, 0.15) is 12.1 Å². The van der Waals surface area contributed by atoms with Gasteiger partial charge in [-0.25, -0.2) is 4.57 Å². The minimum Gasteiger partial charge on any atom is -0.218 e. The summed E-state index contributed by atoms with van der Waals surface area (Å²) in [7, 11) is 0. The normalized spacial score (nSPS) is 23.1. The van der Waals surface area contributed by atoms with Gasteiger partial charge in [-0.05, 0) is 17.4 Å². The molecule has 33 heavy (non-hydrogen) atoms. The number of hydrogen-bond donors (Lipinski definition) is 0. The Balaban J connectivity index is 1.75. The third kappa shape index (κ3) is 1.76. The molecule has 0 saturated carbocycles. The summed E-state index contributed by atoms with van der Waals surface area (Å²) in [5, 5.41) is 4.26. The van der Waals surface area contributed by atoms with Gasteiger partial charge >= 0.3 is 0 Å². The number of fused-ring (bicyclic) bond motifs is 4. The van der Waals surface area contributed by atoms with Crippen molar-refractivity contribution < 1.29 is 4.57 Å². The molecule has 5 aromatic rings. The number of para-hydroxylation sites is 1. The van der Waals surface area contributed by atoms with Gasteiger partial charge in [0.15, 0.2) is 11.4 Å². The molecule has 1 atom stereocenters. The average Bonchev–Trinajstić information content (AvgIpc) is 3.30. The highest BCUT2D eigenvalue weighted by Gasteiger charge is 2.59. The minimum atomic E-state index is 0.000262. The highest BCUT2D eigenvalue weighted by molar-refractivity contribution is 6.14. The first-order valence-electron chi connectivity index (χ1n) is 12.3. The van der Waals surface area contributed by atoms with E-state index < -0.39 is 0 Å². The fraction of sp³-hybridized carbons (Fsp3) is 0.323. The third-order valence-electron chi connectivity index (χ3n) is 9.72. The zero-order chi connectivity index (χ0) is 22.5. The van der Waals surface area contributed by atoms with Crippen LogP contribution in [0.4, 0.5) is 0 Å². The van der Waals surface area contributed by atoms with E-state index in [1.165, 1.54) is 61.0 Å². The zero-order valence-electron chi connectivity index (χ0n) is 20.1. The fourth-order valence-corrected chi connectivity index (χ4v) is 8.02. The second-order valence-electron chi connectivity index (χ2n) is 12.0. The summed E-state index contributed by atoms with van der Waals surface area (Å²) in [5.74, 6) is 0. The van der Waals surface area contributed by atoms with Crippen LogP contribution in [0.25, 0.3) is 38.6 Å². The number of imidazole rings is 1. The van der Waals surface area contributed by atoms with Gasteiger partial charge in [-0.1, -0.05) is 95.3 Å². The Labute approximate surface area is 194 Å². The van der Waals surface area contributed by atoms with E-state index in [0.29, 0.717) is 0 Å². The molecule has 3 aliphatic rings. The summed E-state index contributed by atoms with van der Waals surface area (Å²) < 4.78 is 5.35. The number of pyridine rings is 1. The lowest BCUT2D eigenvalue weighted by molar-refractivity contribution is -0.646. The molecule has 4 heterocycles. The molecular formula is C31H29N2+. The molecular weight excluding hydrogens is 400 g/mol. The lowest BCUT2D eigenvalue weighted by atomic mass is 9.55. The summed E-state index contributed by atoms with van der Waals surface area (Å²) in [6, 6.07) is 23.2. The van der Waals surface area contributed by atoms with Crippen molar-refractivity contribution in [3.8, 4) is 11.3 Å². The van der Waals surface area contributed by atoms with E-state index >= 15 is 0 Å². The summed E-state index contributed by atoms with van der Waals surface area (Å²) >= 11 is 0. The molecule has 2 aromatic heterocycles. The second-order valence-corrected chi connectivity index (χ2v) is 12.0. The van der Waals surface area contributed by atoms with Crippen LogP contribution in [0, 0.1) is 0 Å². The lowest BCUT2D eigenvalue weighted by Crippen LogP contribution is -2.49. The predicted octanol–water partition coefficient (Wildman–Crippen LogP) is 6.79. The van der Waals surface area contributed by atoms with Gasteiger partial charge in [0.05, 0.1) is 5.39 Å². The van der Waals surface area contributed by atoms with Crippen LogP contribution in [0.15, 0.2) is 60.7 Å². The average molecular weight is 430 g/mol. The molecule has 0 saturated heterocycles. The molecule has 0 radical (unpaired) electrons. The van der Waals surface area contributed by atoms with Crippen molar-refractivity contribution in [1.82, 2.24) is 4.40 Å². The van der Waals surface area contributed by atoms with E-state index in [1.54, 1.807) is 0 Å². The Hall–Kier alpha value is -3.13. The SMILES string of the molecule is CC1(C)CC2(C)c3c([n+]4c5c6c(cccc6c6cccc(c6n35)C2(C)C)C4)-c2ccccc21. The van der Waals surface area contributed by atoms with E-state index in [0.717, 1.165) is 13.0 Å². The molecule has 8 rings (SSSR count). The molecule has 1 unspecified atom stereocenters. The smallest absolute Gasteiger partial charge is 0.218 e. The van der Waals surface area contributed by atoms with E-state index in [1.807, 2.05) is 0 Å². The number of hydrogen-bond acceptors (Lipinski definition) is 0. The summed E-state index contributed by atoms with van der Waals surface area (Å²) in [5.41, 5.74) is 11.7. The summed E-state index contributed by atoms with van der Waals surface area (Å²) in [4.78, 5) is 0. The van der Waals surface area contributed by atoms with E-state index in [9.17, 15) is 0 Å². The van der Waals surface area contributed by atoms with Crippen LogP contribution in [0.5, 0.6) is 0 Å². The van der Waals surface area contributed by atoms with Crippen LogP contribution < -0.4 is 4.57 Å². The van der Waals surface area contributed by atoms with E-state index in [-0.39, 0.29) is 16.2 Å². The number of benzene rings is 3. The largest absolute Gasteiger partial charge is 0.296 e. The molecule has 2 nitrogen and oxygen atoms in total. The maximum atomic E-state index is 2.70. The Bertz CT molecular complexity index is 1730. The fourth-order valence-electron chi connectivity index (χ4n) is 8.02. The first-order valence-corrected chi connectivity index (χ1v) is 12.3. The van der Waals surface area contributed by atoms with Crippen LogP contribution in [0.2, 0.25) is 0 Å². The minimum absolute atomic E-state index is 0.000262. The summed E-state index contributed by atoms with van der Waals surface area (Å²) in [6.07, 6.45) is 1.12. The molecule has 0 fully saturated rings. The van der Waals surface area contributed by atoms with E-state index in [4.69, 9.17) is 0 Å². The van der Waals surface area contributed by atoms with Crippen molar-refractivity contribution in [2.45, 2.75) is 63.8 Å². The van der Waals surface area contributed by atoms with Crippen LogP contribution >= 0.6 is 0 Å². The van der Waals surface area contributed by atoms with Crippen LogP contribution in [0.3, 0.4) is 0 Å². The molecule has 0 amide bonds. The van der Waals surface area contributed by atoms with Crippen LogP contribution in [-0.2, 0) is 22.8 Å². The van der Waals surface area contributed by atoms with Gasteiger partial charge in [0, 0.05) is 38.3 Å². The van der Waals surface area contributed by atoms with Crippen molar-refractivity contribution in [2.75, 3.05) is 0 Å². The van der Waals surface area contributed by atoms with Gasteiger partial charge < -0.3 is 0 Å². The standard InChI is InChI=1S/C31H29N2/c1-29(2)17-31(5)27-26(21-11-6-7-14-22(21)29)32-16-18-10-8-12-19-20-13-9-15-23(30(31,3)4)25(20)33(27)28(32)24(18)19/h6-15H,16-17H2,1-5H3/q+1. The molecule has 0 N–H and O–H groups in total. The monoisotopic (exact) mass is 429 g/mol. The number of aromatic nitrogens is 2. The predicted molar refractivity (Wildman–Crippen MR) is 135 cm³/mol. The Morgan fingerprint density at radius 1 is 0.788 bits per heavy atom. The van der Waals surface area contributed by atoms with Gasteiger partial charge in [0.25, 0.3) is 5.65 Å². The number of nitrogens with zero attached hydrogens (tertiary/aromatic N) is 2. The topological polar surface area (TPSA) is 8.29 Å². The van der Waals surface area contributed by atoms with Crippen molar-refractivity contribution in [3.63, 3.8) is 0 Å². The van der Waals surface area contributed by atoms with Crippen molar-refractivity contribution in [2.24, 2.45) is 0 Å². The molecule has 2 heteroatoms. The molecule has 162 valence electrons. The van der Waals surface area contributed by atoms with Crippen molar-refractivity contribution in [3.05, 3.63) is 83.0 Å². The van der Waals surface area contributed by atoms with Crippen LogP contribution in [-0.4, -0.2) is 4.40 Å². The molecule has 0 spiro atoms. The Morgan fingerprint density at radius 3 is 2.36 bits per heavy atom. The lowest BCUT2D eigenvalue weighted by Gasteiger charge is -2.48. The third-order valence-corrected chi connectivity index (χ3v) is 9.72. The summed E-state index contributed by atoms with van der Waals surface area (Å²) in [6.45, 7) is 13.4. The van der Waals surface area contributed by atoms with Gasteiger partial charge in [-0.15, -0.1) is 0 Å². The molecule has 0 bridgehead atoms. The first kappa shape index (κ1) is 18.3. The maximum absolute atomic E-state index is 2.70. The Morgan fingerprint density at radius 2 is 1.52 bits per heavy atom. The Kier molecular flexibility index (Phi) is 2.87. The van der Waals surface area contributed by atoms with Crippen molar-refractivity contribution >= 4 is 27.3 Å². The van der Waals surface area contributed by atoms with Gasteiger partial charge in [-0.3, -0.25) is 0 Å². The second kappa shape index (κ2) is 5.17. The van der Waals surface area contributed by atoms with Crippen LogP contribution in [0.1, 0.15) is 63.4 Å². The maximum Gasteiger partial charge on any atom is 0.296 e.